The van der Waals surface area contributed by atoms with Crippen LogP contribution in [-0.4, -0.2) is 25.6 Å². The van der Waals surface area contributed by atoms with Crippen LogP contribution in [-0.2, 0) is 0 Å². The monoisotopic (exact) mass is 305 g/mol. The quantitative estimate of drug-likeness (QED) is 0.804. The molecule has 0 aromatic heterocycles. The highest BCUT2D eigenvalue weighted by atomic mass is 31.2. The van der Waals surface area contributed by atoms with Crippen molar-refractivity contribution in [2.75, 3.05) is 21.1 Å². The third-order valence-electron chi connectivity index (χ3n) is 3.00. The Kier molecular flexibility index (Phi) is 6.09. The van der Waals surface area contributed by atoms with Gasteiger partial charge in [-0.1, -0.05) is 60.7 Å². The lowest BCUT2D eigenvalue weighted by atomic mass is 10.4. The maximum absolute atomic E-state index is 3.47. The average molecular weight is 305 g/mol. The second-order valence-electron chi connectivity index (χ2n) is 4.23. The van der Waals surface area contributed by atoms with Gasteiger partial charge in [0.2, 0.25) is 0 Å². The van der Waals surface area contributed by atoms with Crippen LogP contribution in [0.3, 0.4) is 0 Å². The first-order valence-corrected chi connectivity index (χ1v) is 9.15. The van der Waals surface area contributed by atoms with Crippen molar-refractivity contribution in [1.82, 2.24) is 14.6 Å². The molecule has 0 aliphatic rings. The molecule has 0 aliphatic heterocycles. The van der Waals surface area contributed by atoms with Crippen LogP contribution in [0.1, 0.15) is 0 Å². The van der Waals surface area contributed by atoms with Crippen LogP contribution in [0, 0.1) is 0 Å². The zero-order valence-electron chi connectivity index (χ0n) is 12.1. The molecule has 0 saturated carbocycles. The third kappa shape index (κ3) is 3.63. The predicted octanol–water partition coefficient (Wildman–Crippen LogP) is 2.63. The molecule has 0 saturated heterocycles. The number of hydrogen-bond acceptors (Lipinski definition) is 3. The minimum absolute atomic E-state index is 0.534. The minimum atomic E-state index is -0.534. The van der Waals surface area contributed by atoms with Gasteiger partial charge in [0.25, 0.3) is 0 Å². The molecule has 0 amide bonds. The zero-order valence-corrected chi connectivity index (χ0v) is 13.9. The highest BCUT2D eigenvalue weighted by molar-refractivity contribution is 7.75. The van der Waals surface area contributed by atoms with E-state index in [2.05, 4.69) is 82.3 Å². The van der Waals surface area contributed by atoms with Crippen molar-refractivity contribution in [3.8, 4) is 0 Å². The molecule has 106 valence electrons. The van der Waals surface area contributed by atoms with Crippen molar-refractivity contribution in [2.45, 2.75) is 0 Å². The van der Waals surface area contributed by atoms with Gasteiger partial charge in [-0.25, -0.2) is 4.44 Å². The van der Waals surface area contributed by atoms with E-state index in [1.807, 2.05) is 14.1 Å². The summed E-state index contributed by atoms with van der Waals surface area (Å²) in [5.41, 5.74) is 0. The normalized spacial score (nSPS) is 14.2. The van der Waals surface area contributed by atoms with Gasteiger partial charge in [0.05, 0.1) is 16.4 Å². The summed E-state index contributed by atoms with van der Waals surface area (Å²) in [6, 6.07) is 21.3. The SMILES string of the molecule is CNP(c1ccccc1)N(C)P(NC)c1ccccc1. The predicted molar refractivity (Wildman–Crippen MR) is 91.9 cm³/mol. The third-order valence-corrected chi connectivity index (χ3v) is 7.66. The highest BCUT2D eigenvalue weighted by Gasteiger charge is 2.23. The molecule has 0 aliphatic carbocycles. The molecule has 2 atom stereocenters. The maximum atomic E-state index is 3.47. The smallest absolute Gasteiger partial charge is 0.0740 e. The summed E-state index contributed by atoms with van der Waals surface area (Å²) >= 11 is 0. The topological polar surface area (TPSA) is 27.3 Å². The molecule has 5 heteroatoms. The van der Waals surface area contributed by atoms with Gasteiger partial charge in [0, 0.05) is 10.6 Å². The van der Waals surface area contributed by atoms with Crippen molar-refractivity contribution >= 4 is 27.1 Å². The van der Waals surface area contributed by atoms with E-state index in [1.54, 1.807) is 0 Å². The van der Waals surface area contributed by atoms with Crippen LogP contribution >= 0.6 is 16.4 Å². The Balaban J connectivity index is 2.25. The number of benzene rings is 2. The molecule has 2 rings (SSSR count). The first kappa shape index (κ1) is 15.6. The van der Waals surface area contributed by atoms with Crippen LogP contribution in [0.2, 0.25) is 0 Å². The standard InChI is InChI=1S/C15H21N3P2/c1-16-19(14-10-6-4-7-11-14)18(3)20(17-2)15-12-8-5-9-13-15/h4-13,16-17H,1-3H3. The first-order chi connectivity index (χ1) is 9.77. The van der Waals surface area contributed by atoms with Crippen LogP contribution in [0.25, 0.3) is 0 Å². The van der Waals surface area contributed by atoms with E-state index in [9.17, 15) is 0 Å². The Labute approximate surface area is 124 Å². The molecule has 3 nitrogen and oxygen atoms in total. The van der Waals surface area contributed by atoms with E-state index in [-0.39, 0.29) is 0 Å². The van der Waals surface area contributed by atoms with E-state index in [4.69, 9.17) is 0 Å². The molecule has 2 N–H and O–H groups in total. The van der Waals surface area contributed by atoms with E-state index in [1.165, 1.54) is 10.6 Å². The summed E-state index contributed by atoms with van der Waals surface area (Å²) in [6.45, 7) is 0. The molecule has 2 aromatic rings. The summed E-state index contributed by atoms with van der Waals surface area (Å²) in [5.74, 6) is 0. The van der Waals surface area contributed by atoms with Crippen LogP contribution in [0.5, 0.6) is 0 Å². The minimum Gasteiger partial charge on any atom is -0.283 e. The van der Waals surface area contributed by atoms with Crippen molar-refractivity contribution in [1.29, 1.82) is 0 Å². The summed E-state index contributed by atoms with van der Waals surface area (Å²) in [6.07, 6.45) is 0. The average Bonchev–Trinajstić information content (AvgIpc) is 2.51. The van der Waals surface area contributed by atoms with Gasteiger partial charge in [0.15, 0.2) is 0 Å². The van der Waals surface area contributed by atoms with E-state index >= 15 is 0 Å². The number of nitrogens with one attached hydrogen (secondary N) is 2. The fraction of sp³-hybridized carbons (Fsp3) is 0.200. The molecular weight excluding hydrogens is 284 g/mol. The zero-order chi connectivity index (χ0) is 14.4. The van der Waals surface area contributed by atoms with Gasteiger partial charge >= 0.3 is 0 Å². The Morgan fingerprint density at radius 3 is 1.35 bits per heavy atom. The molecular formula is C15H21N3P2. The summed E-state index contributed by atoms with van der Waals surface area (Å²) in [5, 5.41) is 9.62. The van der Waals surface area contributed by atoms with Crippen molar-refractivity contribution in [2.24, 2.45) is 0 Å². The van der Waals surface area contributed by atoms with Gasteiger partial charge in [0.1, 0.15) is 0 Å². The fourth-order valence-corrected chi connectivity index (χ4v) is 6.65. The second kappa shape index (κ2) is 7.83. The first-order valence-electron chi connectivity index (χ1n) is 6.56. The van der Waals surface area contributed by atoms with Crippen LogP contribution in [0.4, 0.5) is 0 Å². The van der Waals surface area contributed by atoms with Crippen LogP contribution < -0.4 is 20.8 Å². The molecule has 0 bridgehead atoms. The van der Waals surface area contributed by atoms with Crippen molar-refractivity contribution < 1.29 is 0 Å². The van der Waals surface area contributed by atoms with Gasteiger partial charge in [-0.05, 0) is 21.1 Å². The molecule has 0 spiro atoms. The molecule has 2 aromatic carbocycles. The van der Waals surface area contributed by atoms with Gasteiger partial charge in [-0.15, -0.1) is 0 Å². The lowest BCUT2D eigenvalue weighted by Gasteiger charge is -2.34. The van der Waals surface area contributed by atoms with Gasteiger partial charge in [-0.3, -0.25) is 10.2 Å². The molecule has 0 radical (unpaired) electrons. The number of rotatable bonds is 6. The summed E-state index contributed by atoms with van der Waals surface area (Å²) in [7, 11) is 5.18. The number of nitrogens with zero attached hydrogens (tertiary/aromatic N) is 1. The van der Waals surface area contributed by atoms with Gasteiger partial charge in [-0.2, -0.15) is 0 Å². The van der Waals surface area contributed by atoms with E-state index in [0.29, 0.717) is 0 Å². The molecule has 20 heavy (non-hydrogen) atoms. The van der Waals surface area contributed by atoms with Crippen LogP contribution in [0.15, 0.2) is 60.7 Å². The highest BCUT2D eigenvalue weighted by Crippen LogP contribution is 2.48. The van der Waals surface area contributed by atoms with Crippen molar-refractivity contribution in [3.05, 3.63) is 60.7 Å². The number of hydrogen-bond donors (Lipinski definition) is 2. The van der Waals surface area contributed by atoms with Crippen molar-refractivity contribution in [3.63, 3.8) is 0 Å². The lowest BCUT2D eigenvalue weighted by Crippen LogP contribution is -2.29. The second-order valence-corrected chi connectivity index (χ2v) is 8.92. The Bertz CT molecular complexity index is 460. The Morgan fingerprint density at radius 1 is 0.700 bits per heavy atom. The maximum Gasteiger partial charge on any atom is 0.0740 e. The molecule has 0 fully saturated rings. The van der Waals surface area contributed by atoms with E-state index < -0.39 is 16.4 Å². The molecule has 2 unspecified atom stereocenters. The Hall–Kier alpha value is -0.820. The summed E-state index contributed by atoms with van der Waals surface area (Å²) < 4.78 is 2.43. The van der Waals surface area contributed by atoms with Gasteiger partial charge < -0.3 is 0 Å². The molecule has 0 heterocycles. The Morgan fingerprint density at radius 2 is 1.05 bits per heavy atom. The summed E-state index contributed by atoms with van der Waals surface area (Å²) in [4.78, 5) is 0. The lowest BCUT2D eigenvalue weighted by molar-refractivity contribution is 0.858. The fourth-order valence-electron chi connectivity index (χ4n) is 2.11. The van der Waals surface area contributed by atoms with E-state index in [0.717, 1.165) is 0 Å². The largest absolute Gasteiger partial charge is 0.283 e.